The van der Waals surface area contributed by atoms with Gasteiger partial charge in [-0.25, -0.2) is 9.18 Å². The third kappa shape index (κ3) is 9.78. The van der Waals surface area contributed by atoms with Gasteiger partial charge in [-0.2, -0.15) is 4.90 Å². The van der Waals surface area contributed by atoms with Gasteiger partial charge in [-0.3, -0.25) is 7.05 Å². The third-order valence-electron chi connectivity index (χ3n) is 5.91. The monoisotopic (exact) mass is 615 g/mol. The molecule has 1 N–H and O–H groups in total. The van der Waals surface area contributed by atoms with Crippen LogP contribution in [0.5, 0.6) is 0 Å². The second-order valence-electron chi connectivity index (χ2n) is 10.1. The Bertz CT molecular complexity index is 1450. The van der Waals surface area contributed by atoms with E-state index < -0.39 is 5.97 Å². The first-order chi connectivity index (χ1) is 19.0. The molecule has 0 radical (unpaired) electrons. The van der Waals surface area contributed by atoms with Crippen LogP contribution >= 0.6 is 11.6 Å². The minimum Gasteiger partial charge on any atom is -0.778 e. The van der Waals surface area contributed by atoms with E-state index in [9.17, 15) is 9.18 Å². The molecule has 0 spiro atoms. The van der Waals surface area contributed by atoms with E-state index in [2.05, 4.69) is 27.8 Å². The van der Waals surface area contributed by atoms with Gasteiger partial charge in [-0.05, 0) is 73.0 Å². The van der Waals surface area contributed by atoms with Crippen molar-refractivity contribution in [3.63, 3.8) is 0 Å². The summed E-state index contributed by atoms with van der Waals surface area (Å²) in [7, 11) is 4.14. The van der Waals surface area contributed by atoms with Gasteiger partial charge in [0.25, 0.3) is 0 Å². The normalized spacial score (nSPS) is 11.4. The van der Waals surface area contributed by atoms with Gasteiger partial charge in [-0.1, -0.05) is 80.4 Å². The molecule has 0 aliphatic carbocycles. The zero-order chi connectivity index (χ0) is 29.4. The number of hydrogen-bond acceptors (Lipinski definition) is 4. The molecule has 0 amide bonds. The molecular formula is C33H34ClFKN2O2S-. The summed E-state index contributed by atoms with van der Waals surface area (Å²) in [6, 6.07) is 25.9. The van der Waals surface area contributed by atoms with Crippen LogP contribution in [0.25, 0.3) is 0 Å². The van der Waals surface area contributed by atoms with Crippen molar-refractivity contribution in [3.05, 3.63) is 120 Å². The average Bonchev–Trinajstić information content (AvgIpc) is 3.36. The zero-order valence-electron chi connectivity index (χ0n) is 24.2. The van der Waals surface area contributed by atoms with Gasteiger partial charge in [0.05, 0.1) is 16.3 Å². The molecule has 0 saturated carbocycles. The van der Waals surface area contributed by atoms with E-state index in [0.29, 0.717) is 5.69 Å². The van der Waals surface area contributed by atoms with Gasteiger partial charge in [0.1, 0.15) is 5.82 Å². The minimum atomic E-state index is -0.987. The Morgan fingerprint density at radius 3 is 2.29 bits per heavy atom. The van der Waals surface area contributed by atoms with Crippen LogP contribution in [0, 0.1) is 25.7 Å². The summed E-state index contributed by atoms with van der Waals surface area (Å²) < 4.78 is 14.3. The van der Waals surface area contributed by atoms with Gasteiger partial charge < -0.3 is 27.5 Å². The van der Waals surface area contributed by atoms with Crippen molar-refractivity contribution >= 4 is 52.9 Å². The molecule has 1 aliphatic heterocycles. The largest absolute Gasteiger partial charge is 1.00 e. The molecule has 1 heterocycles. The number of fused-ring (bicyclic) bond motifs is 1. The summed E-state index contributed by atoms with van der Waals surface area (Å²) in [6.45, 7) is 9.08. The number of benzene rings is 4. The molecule has 0 atom stereocenters. The van der Waals surface area contributed by atoms with E-state index in [1.807, 2.05) is 71.3 Å². The topological polar surface area (TPSA) is 43.8 Å². The molecule has 5 rings (SSSR count). The fourth-order valence-electron chi connectivity index (χ4n) is 4.10. The number of aryl methyl sites for hydroxylation is 1. The van der Waals surface area contributed by atoms with Crippen molar-refractivity contribution in [2.75, 3.05) is 16.3 Å². The molecule has 4 nitrogen and oxygen atoms in total. The number of carboxylic acid groups (broad SMARTS) is 1. The van der Waals surface area contributed by atoms with Gasteiger partial charge in [0.15, 0.2) is 0 Å². The van der Waals surface area contributed by atoms with Crippen LogP contribution in [0.3, 0.4) is 0 Å². The van der Waals surface area contributed by atoms with E-state index in [4.69, 9.17) is 29.3 Å². The number of halogens is 2. The molecule has 1 aliphatic rings. The smallest absolute Gasteiger partial charge is 0.778 e. The second kappa shape index (κ2) is 16.6. The number of aromatic carboxylic acids is 1. The molecule has 0 unspecified atom stereocenters. The molecule has 41 heavy (non-hydrogen) atoms. The number of nitrogens with zero attached hydrogens (tertiary/aromatic N) is 2. The summed E-state index contributed by atoms with van der Waals surface area (Å²) in [5, 5.41) is 8.89. The fraction of sp³-hybridized carbons (Fsp3) is 0.212. The van der Waals surface area contributed by atoms with Crippen LogP contribution in [-0.2, 0) is 19.0 Å². The predicted octanol–water partition coefficient (Wildman–Crippen LogP) is 6.37. The molecule has 0 bridgehead atoms. The van der Waals surface area contributed by atoms with Crippen LogP contribution in [0.1, 0.15) is 42.3 Å². The Morgan fingerprint density at radius 1 is 1.02 bits per heavy atom. The number of anilines is 4. The van der Waals surface area contributed by atoms with Crippen molar-refractivity contribution in [3.8, 4) is 0 Å². The van der Waals surface area contributed by atoms with Crippen molar-refractivity contribution < 1.29 is 65.7 Å². The van der Waals surface area contributed by atoms with Crippen LogP contribution < -0.4 is 61.2 Å². The quantitative estimate of drug-likeness (QED) is 0.164. The Hall–Kier alpha value is -1.97. The van der Waals surface area contributed by atoms with Crippen molar-refractivity contribution in [1.82, 2.24) is 0 Å². The van der Waals surface area contributed by atoms with Crippen molar-refractivity contribution in [2.45, 2.75) is 39.0 Å². The summed E-state index contributed by atoms with van der Waals surface area (Å²) in [5.74, 6) is -0.341. The number of carboxylic acids is 1. The standard InChI is InChI=1S/C21H18FN2S.C8H7ClO2.C4H10.K/c1-23(16-7-3-2-4-8-16)19-14-17(10-11-20(19)25)24-13-12-15-6-5-9-18(22)21(15)24;1-5-2-3-7(9)6(4-5)8(10)11;1-4(2)3;/h2-11,14,25H,1,12-13H2;2-4H,1H3,(H,10,11);4H,1-3H3;/q-1;;;+1/p-1. The number of hydrogen-bond donors (Lipinski definition) is 1. The molecule has 210 valence electrons. The van der Waals surface area contributed by atoms with E-state index in [1.165, 1.54) is 6.07 Å². The third-order valence-corrected chi connectivity index (χ3v) is 6.58. The Kier molecular flexibility index (Phi) is 14.3. The number of para-hydroxylation sites is 2. The van der Waals surface area contributed by atoms with Crippen LogP contribution in [0.15, 0.2) is 89.8 Å². The first kappa shape index (κ1) is 35.2. The van der Waals surface area contributed by atoms with Crippen LogP contribution in [0.4, 0.5) is 27.1 Å². The maximum Gasteiger partial charge on any atom is 1.00 e. The first-order valence-electron chi connectivity index (χ1n) is 13.0. The molecule has 0 aromatic heterocycles. The number of carbonyl (C=O) groups is 1. The zero-order valence-corrected chi connectivity index (χ0v) is 28.9. The van der Waals surface area contributed by atoms with E-state index >= 15 is 0 Å². The Labute approximate surface area is 296 Å². The molecule has 0 fully saturated rings. The number of rotatable bonds is 4. The molecule has 4 aromatic rings. The molecular weight excluding hydrogens is 582 g/mol. The fourth-order valence-corrected chi connectivity index (χ4v) is 4.54. The minimum absolute atomic E-state index is 0. The SMILES string of the molecule is CC(C)C.Cc1ccc(Cl)c(C(=O)O)c1.[CH2-]N(c1ccccc1)c1cc(N2CCc3cccc(F)c32)ccc1[S-].[K+]. The van der Waals surface area contributed by atoms with E-state index in [-0.39, 0.29) is 67.8 Å². The first-order valence-corrected chi connectivity index (χ1v) is 13.8. The molecule has 4 aromatic carbocycles. The van der Waals surface area contributed by atoms with E-state index in [1.54, 1.807) is 24.3 Å². The summed E-state index contributed by atoms with van der Waals surface area (Å²) >= 11 is 11.1. The molecule has 0 saturated heterocycles. The Morgan fingerprint density at radius 2 is 1.68 bits per heavy atom. The summed E-state index contributed by atoms with van der Waals surface area (Å²) in [5.41, 5.74) is 5.48. The van der Waals surface area contributed by atoms with E-state index in [0.717, 1.165) is 52.0 Å². The van der Waals surface area contributed by atoms with Gasteiger partial charge in [-0.15, -0.1) is 0 Å². The van der Waals surface area contributed by atoms with Crippen molar-refractivity contribution in [1.29, 1.82) is 0 Å². The van der Waals surface area contributed by atoms with Crippen molar-refractivity contribution in [2.24, 2.45) is 5.92 Å². The van der Waals surface area contributed by atoms with Gasteiger partial charge >= 0.3 is 57.4 Å². The summed E-state index contributed by atoms with van der Waals surface area (Å²) in [4.78, 5) is 15.0. The average molecular weight is 616 g/mol. The second-order valence-corrected chi connectivity index (χ2v) is 10.9. The predicted molar refractivity (Wildman–Crippen MR) is 167 cm³/mol. The maximum atomic E-state index is 14.3. The molecule has 8 heteroatoms. The maximum absolute atomic E-state index is 14.3. The van der Waals surface area contributed by atoms with Crippen LogP contribution in [-0.4, -0.2) is 17.6 Å². The van der Waals surface area contributed by atoms with Crippen LogP contribution in [0.2, 0.25) is 5.02 Å². The Balaban J connectivity index is 0.000000308. The van der Waals surface area contributed by atoms with Gasteiger partial charge in [0, 0.05) is 17.9 Å². The van der Waals surface area contributed by atoms with Gasteiger partial charge in [0.2, 0.25) is 0 Å². The summed E-state index contributed by atoms with van der Waals surface area (Å²) in [6.07, 6.45) is 0.838.